The number of rotatable bonds is 8. The third-order valence-corrected chi connectivity index (χ3v) is 5.87. The average molecular weight is 493 g/mol. The lowest BCUT2D eigenvalue weighted by Gasteiger charge is -2.29. The van der Waals surface area contributed by atoms with Crippen LogP contribution >= 0.6 is 0 Å². The zero-order valence-electron chi connectivity index (χ0n) is 21.4. The summed E-state index contributed by atoms with van der Waals surface area (Å²) in [5, 5.41) is 20.1. The Kier molecular flexibility index (Phi) is 8.11. The van der Waals surface area contributed by atoms with Crippen molar-refractivity contribution < 1.29 is 4.74 Å². The molecule has 1 aromatic carbocycles. The molecule has 0 bridgehead atoms. The normalized spacial score (nSPS) is 16.0. The van der Waals surface area contributed by atoms with Crippen molar-refractivity contribution in [2.45, 2.75) is 65.3 Å². The van der Waals surface area contributed by atoms with E-state index in [2.05, 4.69) is 41.7 Å². The molecule has 0 radical (unpaired) electrons. The van der Waals surface area contributed by atoms with Gasteiger partial charge in [0.15, 0.2) is 11.7 Å². The van der Waals surface area contributed by atoms with Crippen LogP contribution < -0.4 is 21.6 Å². The van der Waals surface area contributed by atoms with Crippen LogP contribution in [0.2, 0.25) is 0 Å². The van der Waals surface area contributed by atoms with Gasteiger partial charge in [0.2, 0.25) is 0 Å². The molecule has 4 rings (SSSR count). The zero-order valence-corrected chi connectivity index (χ0v) is 21.4. The number of piperidine rings is 1. The van der Waals surface area contributed by atoms with Crippen LogP contribution in [0.1, 0.15) is 51.7 Å². The van der Waals surface area contributed by atoms with Crippen molar-refractivity contribution in [3.05, 3.63) is 47.9 Å². The lowest BCUT2D eigenvalue weighted by molar-refractivity contribution is 0.206. The summed E-state index contributed by atoms with van der Waals surface area (Å²) in [5.41, 5.74) is 9.62. The Labute approximate surface area is 211 Å². The van der Waals surface area contributed by atoms with Crippen LogP contribution in [0, 0.1) is 0 Å². The third kappa shape index (κ3) is 6.35. The summed E-state index contributed by atoms with van der Waals surface area (Å²) in [6.07, 6.45) is 5.51. The SMILES string of the molecule is CC(C)N=NC(=NN)c1cc(Nc2ncnn3ccc(CN4CCC(N)CC4)c23)cc(OC(C)C)c1. The number of hydrazone groups is 1. The molecule has 36 heavy (non-hydrogen) atoms. The number of likely N-dealkylation sites (tertiary alicyclic amines) is 1. The van der Waals surface area contributed by atoms with E-state index in [1.54, 1.807) is 0 Å². The molecule has 1 saturated heterocycles. The van der Waals surface area contributed by atoms with Gasteiger partial charge in [0.05, 0.1) is 12.1 Å². The van der Waals surface area contributed by atoms with Gasteiger partial charge in [0.1, 0.15) is 17.6 Å². The lowest BCUT2D eigenvalue weighted by Crippen LogP contribution is -2.39. The molecule has 1 aliphatic heterocycles. The van der Waals surface area contributed by atoms with Gasteiger partial charge in [-0.15, -0.1) is 5.11 Å². The van der Waals surface area contributed by atoms with Gasteiger partial charge in [-0.2, -0.15) is 15.3 Å². The van der Waals surface area contributed by atoms with E-state index in [-0.39, 0.29) is 12.1 Å². The number of nitrogens with two attached hydrogens (primary N) is 2. The van der Waals surface area contributed by atoms with E-state index < -0.39 is 0 Å². The lowest BCUT2D eigenvalue weighted by atomic mass is 10.1. The zero-order chi connectivity index (χ0) is 25.7. The van der Waals surface area contributed by atoms with Crippen LogP contribution in [-0.2, 0) is 6.54 Å². The molecule has 3 heterocycles. The monoisotopic (exact) mass is 492 g/mol. The number of aromatic nitrogens is 3. The van der Waals surface area contributed by atoms with E-state index in [4.69, 9.17) is 16.3 Å². The fraction of sp³-hybridized carbons (Fsp3) is 0.480. The second-order valence-corrected chi connectivity index (χ2v) is 9.66. The fourth-order valence-electron chi connectivity index (χ4n) is 4.19. The molecule has 5 N–H and O–H groups in total. The summed E-state index contributed by atoms with van der Waals surface area (Å²) in [7, 11) is 0. The summed E-state index contributed by atoms with van der Waals surface area (Å²) in [6, 6.07) is 8.10. The Balaban J connectivity index is 1.67. The Morgan fingerprint density at radius 2 is 1.97 bits per heavy atom. The number of azo groups is 1. The molecule has 3 aromatic rings. The fourth-order valence-corrected chi connectivity index (χ4v) is 4.19. The highest BCUT2D eigenvalue weighted by atomic mass is 16.5. The smallest absolute Gasteiger partial charge is 0.200 e. The topological polar surface area (TPSA) is 144 Å². The molecule has 0 amide bonds. The number of ether oxygens (including phenoxy) is 1. The van der Waals surface area contributed by atoms with E-state index in [1.165, 1.54) is 6.33 Å². The predicted octanol–water partition coefficient (Wildman–Crippen LogP) is 3.66. The maximum absolute atomic E-state index is 6.09. The summed E-state index contributed by atoms with van der Waals surface area (Å²) in [4.78, 5) is 6.99. The second kappa shape index (κ2) is 11.4. The van der Waals surface area contributed by atoms with Gasteiger partial charge in [0, 0.05) is 36.1 Å². The highest BCUT2D eigenvalue weighted by molar-refractivity contribution is 6.00. The van der Waals surface area contributed by atoms with Crippen molar-refractivity contribution >= 4 is 22.9 Å². The number of nitrogens with zero attached hydrogens (tertiary/aromatic N) is 7. The molecule has 1 fully saturated rings. The largest absolute Gasteiger partial charge is 0.491 e. The molecule has 0 saturated carbocycles. The Morgan fingerprint density at radius 3 is 2.67 bits per heavy atom. The van der Waals surface area contributed by atoms with Crippen LogP contribution in [0.15, 0.2) is 52.1 Å². The predicted molar refractivity (Wildman–Crippen MR) is 142 cm³/mol. The average Bonchev–Trinajstić information content (AvgIpc) is 3.24. The molecule has 0 atom stereocenters. The molecule has 1 aliphatic rings. The molecule has 0 spiro atoms. The van der Waals surface area contributed by atoms with Gasteiger partial charge < -0.3 is 21.6 Å². The van der Waals surface area contributed by atoms with E-state index >= 15 is 0 Å². The third-order valence-electron chi connectivity index (χ3n) is 5.87. The molecular weight excluding hydrogens is 456 g/mol. The first-order valence-corrected chi connectivity index (χ1v) is 12.4. The molecule has 11 heteroatoms. The van der Waals surface area contributed by atoms with Gasteiger partial charge in [-0.05, 0) is 77.4 Å². The number of hydrogen-bond donors (Lipinski definition) is 3. The first kappa shape index (κ1) is 25.5. The van der Waals surface area contributed by atoms with E-state index in [0.717, 1.165) is 49.2 Å². The standard InChI is InChI=1S/C25H36N10O/c1-16(2)32-33-24(31-27)19-11-21(13-22(12-19)36-17(3)4)30-25-23-18(5-10-35(23)29-15-28-25)14-34-8-6-20(26)7-9-34/h5,10-13,15-17,20H,6-9,14,26-27H2,1-4H3,(H,28,29,30). The van der Waals surface area contributed by atoms with E-state index in [1.807, 2.05) is 56.6 Å². The minimum atomic E-state index is -0.00990. The van der Waals surface area contributed by atoms with Gasteiger partial charge in [-0.25, -0.2) is 9.50 Å². The summed E-state index contributed by atoms with van der Waals surface area (Å²) < 4.78 is 7.84. The van der Waals surface area contributed by atoms with Crippen molar-refractivity contribution in [3.63, 3.8) is 0 Å². The number of amidine groups is 1. The number of fused-ring (bicyclic) bond motifs is 1. The molecule has 11 nitrogen and oxygen atoms in total. The Hall–Kier alpha value is -3.57. The van der Waals surface area contributed by atoms with Gasteiger partial charge in [0.25, 0.3) is 0 Å². The molecule has 0 aliphatic carbocycles. The molecule has 2 aromatic heterocycles. The maximum Gasteiger partial charge on any atom is 0.200 e. The highest BCUT2D eigenvalue weighted by Gasteiger charge is 2.19. The van der Waals surface area contributed by atoms with Gasteiger partial charge in [-0.3, -0.25) is 4.90 Å². The van der Waals surface area contributed by atoms with Crippen LogP contribution in [0.3, 0.4) is 0 Å². The van der Waals surface area contributed by atoms with Crippen molar-refractivity contribution in [2.24, 2.45) is 26.9 Å². The first-order valence-electron chi connectivity index (χ1n) is 12.4. The first-order chi connectivity index (χ1) is 17.3. The Bertz CT molecular complexity index is 1220. The Morgan fingerprint density at radius 1 is 1.19 bits per heavy atom. The summed E-state index contributed by atoms with van der Waals surface area (Å²) in [6.45, 7) is 10.6. The van der Waals surface area contributed by atoms with E-state index in [9.17, 15) is 0 Å². The number of nitrogens with one attached hydrogen (secondary N) is 1. The number of benzene rings is 1. The van der Waals surface area contributed by atoms with Gasteiger partial charge >= 0.3 is 0 Å². The minimum Gasteiger partial charge on any atom is -0.491 e. The van der Waals surface area contributed by atoms with Crippen LogP contribution in [0.25, 0.3) is 5.52 Å². The summed E-state index contributed by atoms with van der Waals surface area (Å²) in [5.74, 6) is 7.34. The number of hydrogen-bond acceptors (Lipinski definition) is 9. The van der Waals surface area contributed by atoms with Crippen molar-refractivity contribution in [2.75, 3.05) is 18.4 Å². The van der Waals surface area contributed by atoms with Crippen molar-refractivity contribution in [1.29, 1.82) is 0 Å². The number of anilines is 2. The molecule has 192 valence electrons. The minimum absolute atomic E-state index is 0.00990. The molecular formula is C25H36N10O. The second-order valence-electron chi connectivity index (χ2n) is 9.66. The van der Waals surface area contributed by atoms with Gasteiger partial charge in [-0.1, -0.05) is 0 Å². The molecule has 0 unspecified atom stereocenters. The van der Waals surface area contributed by atoms with Crippen molar-refractivity contribution in [3.8, 4) is 5.75 Å². The van der Waals surface area contributed by atoms with Crippen molar-refractivity contribution in [1.82, 2.24) is 19.5 Å². The quantitative estimate of drug-likeness (QED) is 0.143. The van der Waals surface area contributed by atoms with Crippen LogP contribution in [0.5, 0.6) is 5.75 Å². The van der Waals surface area contributed by atoms with E-state index in [0.29, 0.717) is 29.0 Å². The maximum atomic E-state index is 6.09. The van der Waals surface area contributed by atoms with Crippen LogP contribution in [0.4, 0.5) is 11.5 Å². The van der Waals surface area contributed by atoms with Crippen LogP contribution in [-0.4, -0.2) is 56.6 Å². The summed E-state index contributed by atoms with van der Waals surface area (Å²) >= 11 is 0. The highest BCUT2D eigenvalue weighted by Crippen LogP contribution is 2.29.